The second-order valence-electron chi connectivity index (χ2n) is 2.91. The summed E-state index contributed by atoms with van der Waals surface area (Å²) in [5, 5.41) is 0. The molecule has 0 aliphatic rings. The van der Waals surface area contributed by atoms with Gasteiger partial charge in [-0.15, -0.1) is 0 Å². The first-order valence-electron chi connectivity index (χ1n) is 4.29. The van der Waals surface area contributed by atoms with Crippen molar-refractivity contribution in [1.82, 2.24) is 15.4 Å². The minimum atomic E-state index is -0.197. The molecule has 0 saturated heterocycles. The number of fused-ring (bicyclic) bond motifs is 1. The molecule has 0 unspecified atom stereocenters. The molecule has 2 rings (SSSR count). The Morgan fingerprint density at radius 1 is 1.43 bits per heavy atom. The first-order valence-corrected chi connectivity index (χ1v) is 4.29. The lowest BCUT2D eigenvalue weighted by Gasteiger charge is -2.02. The van der Waals surface area contributed by atoms with Gasteiger partial charge in [-0.1, -0.05) is 12.1 Å². The molecule has 0 amide bonds. The van der Waals surface area contributed by atoms with Gasteiger partial charge < -0.3 is 9.97 Å². The minimum Gasteiger partial charge on any atom is -0.306 e. The Morgan fingerprint density at radius 2 is 2.29 bits per heavy atom. The van der Waals surface area contributed by atoms with Crippen molar-refractivity contribution in [3.8, 4) is 0 Å². The summed E-state index contributed by atoms with van der Waals surface area (Å²) in [4.78, 5) is 21.5. The quantitative estimate of drug-likeness (QED) is 0.622. The fraction of sp³-hybridized carbons (Fsp3) is 0.222. The Bertz CT molecular complexity index is 486. The molecule has 5 heteroatoms. The Morgan fingerprint density at radius 3 is 3.07 bits per heavy atom. The molecule has 1 aromatic heterocycles. The molecule has 14 heavy (non-hydrogen) atoms. The van der Waals surface area contributed by atoms with E-state index in [2.05, 4.69) is 15.4 Å². The topological polar surface area (TPSA) is 69.9 Å². The van der Waals surface area contributed by atoms with Crippen LogP contribution in [0.4, 0.5) is 0 Å². The summed E-state index contributed by atoms with van der Waals surface area (Å²) >= 11 is 0. The van der Waals surface area contributed by atoms with Crippen LogP contribution in [-0.4, -0.2) is 17.0 Å². The highest BCUT2D eigenvalue weighted by Crippen LogP contribution is 2.13. The average Bonchev–Trinajstić information content (AvgIpc) is 2.55. The molecule has 0 aliphatic heterocycles. The van der Waals surface area contributed by atoms with Gasteiger partial charge in [-0.2, -0.15) is 0 Å². The zero-order valence-electron chi connectivity index (χ0n) is 7.76. The number of benzene rings is 1. The van der Waals surface area contributed by atoms with Gasteiger partial charge in [-0.05, 0) is 6.07 Å². The molecule has 0 radical (unpaired) electrons. The van der Waals surface area contributed by atoms with Crippen molar-refractivity contribution in [1.29, 1.82) is 0 Å². The smallest absolute Gasteiger partial charge is 0.306 e. The Balaban J connectivity index is 2.47. The largest absolute Gasteiger partial charge is 0.323 e. The summed E-state index contributed by atoms with van der Waals surface area (Å²) in [6.45, 7) is 0.418. The van der Waals surface area contributed by atoms with Crippen molar-refractivity contribution in [3.05, 3.63) is 34.2 Å². The van der Waals surface area contributed by atoms with E-state index >= 15 is 0 Å². The van der Waals surface area contributed by atoms with Crippen LogP contribution in [0, 0.1) is 0 Å². The van der Waals surface area contributed by atoms with Crippen LogP contribution in [0.2, 0.25) is 0 Å². The van der Waals surface area contributed by atoms with Crippen molar-refractivity contribution in [2.75, 3.05) is 7.05 Å². The molecule has 3 N–H and O–H groups in total. The fourth-order valence-electron chi connectivity index (χ4n) is 1.39. The number of aromatic amines is 2. The maximum Gasteiger partial charge on any atom is 0.323 e. The Labute approximate surface area is 80.1 Å². The molecule has 0 saturated carbocycles. The van der Waals surface area contributed by atoms with Crippen molar-refractivity contribution in [2.24, 2.45) is 0 Å². The number of H-pyrrole nitrogens is 2. The van der Waals surface area contributed by atoms with Crippen LogP contribution in [0.3, 0.4) is 0 Å². The number of nitrogens with one attached hydrogen (secondary N) is 3. The summed E-state index contributed by atoms with van der Waals surface area (Å²) in [5.74, 6) is 0. The molecule has 0 atom stereocenters. The monoisotopic (exact) mass is 193 g/mol. The maximum atomic E-state index is 11.0. The molecule has 0 spiro atoms. The molecule has 0 fully saturated rings. The van der Waals surface area contributed by atoms with E-state index < -0.39 is 0 Å². The van der Waals surface area contributed by atoms with Gasteiger partial charge in [0.1, 0.15) is 0 Å². The van der Waals surface area contributed by atoms with Crippen LogP contribution in [0.5, 0.6) is 0 Å². The lowest BCUT2D eigenvalue weighted by atomic mass is 10.2. The highest BCUT2D eigenvalue weighted by molar-refractivity contribution is 5.77. The van der Waals surface area contributed by atoms with Crippen molar-refractivity contribution < 1.29 is 4.84 Å². The zero-order valence-corrected chi connectivity index (χ0v) is 7.76. The Kier molecular flexibility index (Phi) is 2.34. The molecular formula is C9H11N3O2. The highest BCUT2D eigenvalue weighted by Gasteiger charge is 2.03. The summed E-state index contributed by atoms with van der Waals surface area (Å²) in [6.07, 6.45) is 0. The molecule has 1 heterocycles. The van der Waals surface area contributed by atoms with Gasteiger partial charge in [0.05, 0.1) is 17.6 Å². The molecule has 0 bridgehead atoms. The standard InChI is InChI=1S/C9H11N3O2/c1-10-14-5-6-3-2-4-7-8(6)12-9(13)11-7/h2-4,10H,5H2,1H3,(H2,11,12,13). The van der Waals surface area contributed by atoms with Gasteiger partial charge in [-0.3, -0.25) is 4.84 Å². The Hall–Kier alpha value is -1.59. The lowest BCUT2D eigenvalue weighted by Crippen LogP contribution is -2.07. The number of aromatic nitrogens is 2. The number of rotatable bonds is 3. The molecule has 2 aromatic rings. The van der Waals surface area contributed by atoms with E-state index in [4.69, 9.17) is 4.84 Å². The van der Waals surface area contributed by atoms with Gasteiger partial charge in [-0.25, -0.2) is 10.3 Å². The highest BCUT2D eigenvalue weighted by atomic mass is 16.6. The third-order valence-corrected chi connectivity index (χ3v) is 2.01. The number of hydrogen-bond acceptors (Lipinski definition) is 3. The predicted molar refractivity (Wildman–Crippen MR) is 52.8 cm³/mol. The van der Waals surface area contributed by atoms with Crippen LogP contribution in [0.1, 0.15) is 5.56 Å². The van der Waals surface area contributed by atoms with E-state index in [1.54, 1.807) is 7.05 Å². The first-order chi connectivity index (χ1) is 6.81. The summed E-state index contributed by atoms with van der Waals surface area (Å²) in [7, 11) is 1.69. The van der Waals surface area contributed by atoms with Crippen molar-refractivity contribution >= 4 is 11.0 Å². The second kappa shape index (κ2) is 3.65. The average molecular weight is 193 g/mol. The summed E-state index contributed by atoms with van der Waals surface area (Å²) < 4.78 is 0. The van der Waals surface area contributed by atoms with Gasteiger partial charge in [0, 0.05) is 12.6 Å². The van der Waals surface area contributed by atoms with Crippen LogP contribution in [0.15, 0.2) is 23.0 Å². The normalized spacial score (nSPS) is 10.9. The zero-order chi connectivity index (χ0) is 9.97. The van der Waals surface area contributed by atoms with Crippen LogP contribution >= 0.6 is 0 Å². The molecular weight excluding hydrogens is 182 g/mol. The van der Waals surface area contributed by atoms with Crippen LogP contribution in [-0.2, 0) is 11.4 Å². The molecule has 5 nitrogen and oxygen atoms in total. The van der Waals surface area contributed by atoms with E-state index in [9.17, 15) is 4.79 Å². The molecule has 74 valence electrons. The van der Waals surface area contributed by atoms with Gasteiger partial charge in [0.2, 0.25) is 0 Å². The third kappa shape index (κ3) is 1.55. The third-order valence-electron chi connectivity index (χ3n) is 2.01. The first kappa shape index (κ1) is 8.98. The van der Waals surface area contributed by atoms with E-state index in [1.807, 2.05) is 18.2 Å². The minimum absolute atomic E-state index is 0.197. The van der Waals surface area contributed by atoms with Crippen molar-refractivity contribution in [2.45, 2.75) is 6.61 Å². The summed E-state index contributed by atoms with van der Waals surface area (Å²) in [6, 6.07) is 5.63. The number of hydroxylamine groups is 1. The number of para-hydroxylation sites is 1. The van der Waals surface area contributed by atoms with E-state index in [0.717, 1.165) is 16.6 Å². The maximum absolute atomic E-state index is 11.0. The van der Waals surface area contributed by atoms with Crippen LogP contribution < -0.4 is 11.2 Å². The van der Waals surface area contributed by atoms with Crippen molar-refractivity contribution in [3.63, 3.8) is 0 Å². The molecule has 1 aromatic carbocycles. The number of hydrogen-bond donors (Lipinski definition) is 3. The van der Waals surface area contributed by atoms with Gasteiger partial charge in [0.25, 0.3) is 0 Å². The lowest BCUT2D eigenvalue weighted by molar-refractivity contribution is 0.0450. The summed E-state index contributed by atoms with van der Waals surface area (Å²) in [5.41, 5.74) is 4.93. The fourth-order valence-corrected chi connectivity index (χ4v) is 1.39. The SMILES string of the molecule is CNOCc1cccc2[nH]c(=O)[nH]c12. The van der Waals surface area contributed by atoms with E-state index in [-0.39, 0.29) is 5.69 Å². The van der Waals surface area contributed by atoms with E-state index in [0.29, 0.717) is 6.61 Å². The van der Waals surface area contributed by atoms with E-state index in [1.165, 1.54) is 0 Å². The van der Waals surface area contributed by atoms with Crippen LogP contribution in [0.25, 0.3) is 11.0 Å². The second-order valence-corrected chi connectivity index (χ2v) is 2.91. The van der Waals surface area contributed by atoms with Gasteiger partial charge >= 0.3 is 5.69 Å². The predicted octanol–water partition coefficient (Wildman–Crippen LogP) is 0.507. The molecule has 0 aliphatic carbocycles. The number of imidazole rings is 1. The van der Waals surface area contributed by atoms with Gasteiger partial charge in [0.15, 0.2) is 0 Å².